The Labute approximate surface area is 114 Å². The highest BCUT2D eigenvalue weighted by atomic mass is 16.5. The molecule has 1 heterocycles. The van der Waals surface area contributed by atoms with Gasteiger partial charge in [0.05, 0.1) is 6.10 Å². The quantitative estimate of drug-likeness (QED) is 0.786. The molecule has 0 spiro atoms. The minimum Gasteiger partial charge on any atom is -0.461 e. The second-order valence-corrected chi connectivity index (χ2v) is 5.57. The van der Waals surface area contributed by atoms with Crippen molar-refractivity contribution < 1.29 is 4.74 Å². The van der Waals surface area contributed by atoms with E-state index in [9.17, 15) is 0 Å². The standard InChI is InChI=1S/C13H23N5O/c1-4-5-13(6-7-13)8-15-11-16-10(14)17-12(18-11)19-9(2)3/h9H,4-8H2,1-3H3,(H3,14,15,16,17,18). The third kappa shape index (κ3) is 3.94. The molecule has 6 nitrogen and oxygen atoms in total. The van der Waals surface area contributed by atoms with Gasteiger partial charge >= 0.3 is 6.01 Å². The van der Waals surface area contributed by atoms with E-state index in [0.717, 1.165) is 6.54 Å². The summed E-state index contributed by atoms with van der Waals surface area (Å²) in [6.07, 6.45) is 5.04. The summed E-state index contributed by atoms with van der Waals surface area (Å²) < 4.78 is 5.45. The van der Waals surface area contributed by atoms with Crippen LogP contribution >= 0.6 is 0 Å². The lowest BCUT2D eigenvalue weighted by Crippen LogP contribution is -2.18. The zero-order chi connectivity index (χ0) is 13.9. The molecule has 6 heteroatoms. The Hall–Kier alpha value is -1.59. The first-order valence-corrected chi connectivity index (χ1v) is 6.95. The minimum absolute atomic E-state index is 0.0181. The van der Waals surface area contributed by atoms with Gasteiger partial charge in [-0.25, -0.2) is 0 Å². The first-order chi connectivity index (χ1) is 9.03. The number of nitrogens with one attached hydrogen (secondary N) is 1. The molecule has 0 aliphatic heterocycles. The Kier molecular flexibility index (Phi) is 4.07. The fourth-order valence-electron chi connectivity index (χ4n) is 2.20. The highest BCUT2D eigenvalue weighted by molar-refractivity contribution is 5.33. The molecule has 19 heavy (non-hydrogen) atoms. The number of anilines is 2. The van der Waals surface area contributed by atoms with Gasteiger partial charge in [-0.2, -0.15) is 15.0 Å². The van der Waals surface area contributed by atoms with Crippen LogP contribution in [0.15, 0.2) is 0 Å². The smallest absolute Gasteiger partial charge is 0.323 e. The van der Waals surface area contributed by atoms with Gasteiger partial charge in [-0.15, -0.1) is 0 Å². The molecule has 1 saturated carbocycles. The molecule has 0 amide bonds. The maximum atomic E-state index is 5.67. The van der Waals surface area contributed by atoms with Gasteiger partial charge in [0, 0.05) is 6.54 Å². The van der Waals surface area contributed by atoms with E-state index < -0.39 is 0 Å². The highest BCUT2D eigenvalue weighted by Gasteiger charge is 2.41. The molecular formula is C13H23N5O. The summed E-state index contributed by atoms with van der Waals surface area (Å²) in [6.45, 7) is 6.96. The number of rotatable bonds is 7. The summed E-state index contributed by atoms with van der Waals surface area (Å²) in [5.74, 6) is 0.694. The SMILES string of the molecule is CCCC1(CNc2nc(N)nc(OC(C)C)n2)CC1. The molecular weight excluding hydrogens is 242 g/mol. The number of nitrogens with zero attached hydrogens (tertiary/aromatic N) is 3. The Balaban J connectivity index is 1.98. The van der Waals surface area contributed by atoms with Crippen LogP contribution in [0.1, 0.15) is 46.5 Å². The topological polar surface area (TPSA) is 86.0 Å². The van der Waals surface area contributed by atoms with E-state index in [1.165, 1.54) is 25.7 Å². The number of ether oxygens (including phenoxy) is 1. The van der Waals surface area contributed by atoms with E-state index in [1.807, 2.05) is 13.8 Å². The van der Waals surface area contributed by atoms with Gasteiger partial charge in [-0.1, -0.05) is 13.3 Å². The predicted molar refractivity (Wildman–Crippen MR) is 75.1 cm³/mol. The third-order valence-electron chi connectivity index (χ3n) is 3.33. The largest absolute Gasteiger partial charge is 0.461 e. The van der Waals surface area contributed by atoms with Crippen LogP contribution in [-0.4, -0.2) is 27.6 Å². The van der Waals surface area contributed by atoms with Crippen molar-refractivity contribution in [3.8, 4) is 6.01 Å². The molecule has 106 valence electrons. The second kappa shape index (κ2) is 5.59. The molecule has 0 aromatic carbocycles. The van der Waals surface area contributed by atoms with Crippen molar-refractivity contribution in [3.63, 3.8) is 0 Å². The molecule has 1 aliphatic rings. The zero-order valence-corrected chi connectivity index (χ0v) is 11.9. The molecule has 0 saturated heterocycles. The van der Waals surface area contributed by atoms with Crippen LogP contribution in [0.4, 0.5) is 11.9 Å². The Morgan fingerprint density at radius 2 is 2.05 bits per heavy atom. The van der Waals surface area contributed by atoms with Gasteiger partial charge in [-0.3, -0.25) is 0 Å². The van der Waals surface area contributed by atoms with Gasteiger partial charge in [0.2, 0.25) is 11.9 Å². The maximum Gasteiger partial charge on any atom is 0.323 e. The average molecular weight is 265 g/mol. The van der Waals surface area contributed by atoms with Crippen molar-refractivity contribution in [1.82, 2.24) is 15.0 Å². The van der Waals surface area contributed by atoms with Gasteiger partial charge in [0.15, 0.2) is 0 Å². The normalized spacial score (nSPS) is 16.4. The van der Waals surface area contributed by atoms with Crippen LogP contribution in [0.25, 0.3) is 0 Å². The average Bonchev–Trinajstić information content (AvgIpc) is 3.06. The van der Waals surface area contributed by atoms with Crippen LogP contribution in [0.3, 0.4) is 0 Å². The van der Waals surface area contributed by atoms with Crippen LogP contribution in [0.5, 0.6) is 6.01 Å². The molecule has 1 aromatic rings. The number of aromatic nitrogens is 3. The van der Waals surface area contributed by atoms with E-state index in [2.05, 4.69) is 27.2 Å². The lowest BCUT2D eigenvalue weighted by Gasteiger charge is -2.15. The number of hydrogen-bond acceptors (Lipinski definition) is 6. The summed E-state index contributed by atoms with van der Waals surface area (Å²) in [4.78, 5) is 12.3. The van der Waals surface area contributed by atoms with Gasteiger partial charge in [0.1, 0.15) is 0 Å². The summed E-state index contributed by atoms with van der Waals surface area (Å²) in [6, 6.07) is 0.283. The van der Waals surface area contributed by atoms with Gasteiger partial charge < -0.3 is 15.8 Å². The zero-order valence-electron chi connectivity index (χ0n) is 11.9. The third-order valence-corrected chi connectivity index (χ3v) is 3.33. The molecule has 0 atom stereocenters. The molecule has 0 unspecified atom stereocenters. The van der Waals surface area contributed by atoms with E-state index in [0.29, 0.717) is 11.4 Å². The van der Waals surface area contributed by atoms with Crippen molar-refractivity contribution in [2.45, 2.75) is 52.6 Å². The Bertz CT molecular complexity index is 431. The summed E-state index contributed by atoms with van der Waals surface area (Å²) in [7, 11) is 0. The fourth-order valence-corrected chi connectivity index (χ4v) is 2.20. The van der Waals surface area contributed by atoms with Crippen molar-refractivity contribution >= 4 is 11.9 Å². The fraction of sp³-hybridized carbons (Fsp3) is 0.769. The van der Waals surface area contributed by atoms with Crippen molar-refractivity contribution in [1.29, 1.82) is 0 Å². The van der Waals surface area contributed by atoms with Crippen molar-refractivity contribution in [2.24, 2.45) is 5.41 Å². The lowest BCUT2D eigenvalue weighted by molar-refractivity contribution is 0.222. The summed E-state index contributed by atoms with van der Waals surface area (Å²) in [5.41, 5.74) is 6.11. The van der Waals surface area contributed by atoms with Crippen molar-refractivity contribution in [3.05, 3.63) is 0 Å². The molecule has 0 radical (unpaired) electrons. The minimum atomic E-state index is 0.0181. The highest BCUT2D eigenvalue weighted by Crippen LogP contribution is 2.49. The first kappa shape index (κ1) is 13.8. The van der Waals surface area contributed by atoms with E-state index in [1.54, 1.807) is 0 Å². The molecule has 0 bridgehead atoms. The monoisotopic (exact) mass is 265 g/mol. The summed E-state index contributed by atoms with van der Waals surface area (Å²) in [5, 5.41) is 3.26. The van der Waals surface area contributed by atoms with Gasteiger partial charge in [0.25, 0.3) is 0 Å². The molecule has 1 aliphatic carbocycles. The number of nitrogen functional groups attached to an aromatic ring is 1. The van der Waals surface area contributed by atoms with Crippen LogP contribution in [-0.2, 0) is 0 Å². The number of nitrogens with two attached hydrogens (primary N) is 1. The lowest BCUT2D eigenvalue weighted by atomic mass is 10.0. The molecule has 2 rings (SSSR count). The molecule has 1 aromatic heterocycles. The number of hydrogen-bond donors (Lipinski definition) is 2. The maximum absolute atomic E-state index is 5.67. The van der Waals surface area contributed by atoms with Crippen LogP contribution < -0.4 is 15.8 Å². The Morgan fingerprint density at radius 1 is 1.32 bits per heavy atom. The van der Waals surface area contributed by atoms with E-state index >= 15 is 0 Å². The molecule has 1 fully saturated rings. The Morgan fingerprint density at radius 3 is 2.63 bits per heavy atom. The summed E-state index contributed by atoms with van der Waals surface area (Å²) >= 11 is 0. The van der Waals surface area contributed by atoms with E-state index in [-0.39, 0.29) is 18.1 Å². The first-order valence-electron chi connectivity index (χ1n) is 6.95. The second-order valence-electron chi connectivity index (χ2n) is 5.57. The van der Waals surface area contributed by atoms with Crippen LogP contribution in [0, 0.1) is 5.41 Å². The van der Waals surface area contributed by atoms with Gasteiger partial charge in [-0.05, 0) is 38.5 Å². The van der Waals surface area contributed by atoms with Crippen molar-refractivity contribution in [2.75, 3.05) is 17.6 Å². The molecule has 3 N–H and O–H groups in total. The van der Waals surface area contributed by atoms with Crippen LogP contribution in [0.2, 0.25) is 0 Å². The van der Waals surface area contributed by atoms with E-state index in [4.69, 9.17) is 10.5 Å². The predicted octanol–water partition coefficient (Wildman–Crippen LogP) is 2.23.